The van der Waals surface area contributed by atoms with Gasteiger partial charge in [-0.25, -0.2) is 0 Å². The van der Waals surface area contributed by atoms with Crippen LogP contribution < -0.4 is 4.74 Å². The highest BCUT2D eigenvalue weighted by Gasteiger charge is 2.92. The number of hydrogen-bond acceptors (Lipinski definition) is 3. The first kappa shape index (κ1) is 51.0. The summed E-state index contributed by atoms with van der Waals surface area (Å²) in [6.45, 7) is -0.249. The lowest BCUT2D eigenvalue weighted by molar-refractivity contribution is -0.441. The molecule has 1 saturated heterocycles. The van der Waals surface area contributed by atoms with E-state index in [9.17, 15) is 114 Å². The minimum Gasteiger partial charge on any atom is -0.490 e. The van der Waals surface area contributed by atoms with Crippen molar-refractivity contribution < 1.29 is 128 Å². The van der Waals surface area contributed by atoms with Crippen LogP contribution >= 0.6 is 0 Å². The molecule has 1 fully saturated rings. The van der Waals surface area contributed by atoms with Crippen molar-refractivity contribution in [3.05, 3.63) is 42.5 Å². The molecule has 0 aromatic heterocycles. The van der Waals surface area contributed by atoms with Gasteiger partial charge < -0.3 is 14.2 Å². The number of alkyl halides is 26. The summed E-state index contributed by atoms with van der Waals surface area (Å²) in [7, 11) is 0. The second kappa shape index (κ2) is 15.4. The standard InChI is InChI=1S/C29H22F26O3/c1-2-10-56-15-5-3-4-14(11-15)16-57-12-17(13-58-16,6-8-18(30,31)20(34,35)22(38,39)24(42,43)26(46,47)28(50,51)52)7-9-19(32,33)21(36,37)23(40,41)25(44,45)27(48,49)29(53,54)55/h2-5,11,16H,1,6-10,12-13H2. The summed E-state index contributed by atoms with van der Waals surface area (Å²) in [5, 5.41) is 0. The van der Waals surface area contributed by atoms with Crippen molar-refractivity contribution in [3.63, 3.8) is 0 Å². The van der Waals surface area contributed by atoms with E-state index in [4.69, 9.17) is 14.2 Å². The van der Waals surface area contributed by atoms with E-state index in [0.29, 0.717) is 0 Å². The van der Waals surface area contributed by atoms with E-state index in [1.165, 1.54) is 12.1 Å². The van der Waals surface area contributed by atoms with Crippen molar-refractivity contribution in [2.75, 3.05) is 19.8 Å². The maximum Gasteiger partial charge on any atom is 0.460 e. The van der Waals surface area contributed by atoms with Gasteiger partial charge in [0.2, 0.25) is 0 Å². The first-order chi connectivity index (χ1) is 25.5. The summed E-state index contributed by atoms with van der Waals surface area (Å²) in [6, 6.07) is 4.49. The quantitative estimate of drug-likeness (QED) is 0.108. The van der Waals surface area contributed by atoms with E-state index >= 15 is 0 Å². The fraction of sp³-hybridized carbons (Fsp3) is 0.724. The molecule has 58 heavy (non-hydrogen) atoms. The second-order valence-electron chi connectivity index (χ2n) is 12.6. The zero-order valence-electron chi connectivity index (χ0n) is 27.7. The number of rotatable bonds is 18. The van der Waals surface area contributed by atoms with Crippen LogP contribution in [-0.2, 0) is 9.47 Å². The summed E-state index contributed by atoms with van der Waals surface area (Å²) < 4.78 is 370. The monoisotopic (exact) mass is 912 g/mol. The van der Waals surface area contributed by atoms with Crippen molar-refractivity contribution in [3.8, 4) is 5.75 Å². The van der Waals surface area contributed by atoms with E-state index in [2.05, 4.69) is 6.58 Å². The lowest BCUT2D eigenvalue weighted by Gasteiger charge is -2.44. The zero-order chi connectivity index (χ0) is 45.8. The Morgan fingerprint density at radius 2 is 0.879 bits per heavy atom. The lowest BCUT2D eigenvalue weighted by Crippen LogP contribution is -2.70. The lowest BCUT2D eigenvalue weighted by atomic mass is 9.76. The van der Waals surface area contributed by atoms with Crippen molar-refractivity contribution in [2.45, 2.75) is 104 Å². The van der Waals surface area contributed by atoms with Crippen LogP contribution in [0.25, 0.3) is 0 Å². The highest BCUT2D eigenvalue weighted by molar-refractivity contribution is 5.29. The Labute approximate surface area is 306 Å². The molecule has 1 aromatic rings. The second-order valence-corrected chi connectivity index (χ2v) is 12.6. The third-order valence-corrected chi connectivity index (χ3v) is 8.52. The third kappa shape index (κ3) is 8.30. The molecule has 0 amide bonds. The molecular formula is C29H22F26O3. The summed E-state index contributed by atoms with van der Waals surface area (Å²) in [6.07, 6.45) is -27.5. The van der Waals surface area contributed by atoms with Gasteiger partial charge >= 0.3 is 71.6 Å². The van der Waals surface area contributed by atoms with Crippen LogP contribution in [0.5, 0.6) is 5.75 Å². The molecule has 3 nitrogen and oxygen atoms in total. The minimum absolute atomic E-state index is 0.0622. The van der Waals surface area contributed by atoms with Gasteiger partial charge in [0.05, 0.1) is 13.2 Å². The maximum atomic E-state index is 14.7. The van der Waals surface area contributed by atoms with Gasteiger partial charge in [-0.05, 0) is 25.0 Å². The Bertz CT molecular complexity index is 1490. The minimum atomic E-state index is -8.40. The summed E-state index contributed by atoms with van der Waals surface area (Å²) in [5.41, 5.74) is -3.47. The Hall–Kier alpha value is -3.14. The van der Waals surface area contributed by atoms with Gasteiger partial charge in [0.1, 0.15) is 12.4 Å². The van der Waals surface area contributed by atoms with Gasteiger partial charge in [-0.3, -0.25) is 0 Å². The Morgan fingerprint density at radius 1 is 0.534 bits per heavy atom. The Morgan fingerprint density at radius 3 is 1.21 bits per heavy atom. The first-order valence-corrected chi connectivity index (χ1v) is 15.0. The SMILES string of the molecule is C=CCOc1cccc(C2OCC(CCC(F)(F)C(F)(F)C(F)(F)C(F)(F)C(F)(F)C(F)(F)F)(CCC(F)(F)C(F)(F)C(F)(F)C(F)(F)C(F)(F)C(F)(F)F)CO2)c1. The van der Waals surface area contributed by atoms with E-state index in [0.717, 1.165) is 18.2 Å². The predicted octanol–water partition coefficient (Wildman–Crippen LogP) is 12.3. The van der Waals surface area contributed by atoms with Crippen LogP contribution in [0.2, 0.25) is 0 Å². The molecule has 0 spiro atoms. The predicted molar refractivity (Wildman–Crippen MR) is 139 cm³/mol. The largest absolute Gasteiger partial charge is 0.490 e. The molecule has 0 radical (unpaired) electrons. The molecule has 0 unspecified atom stereocenters. The summed E-state index contributed by atoms with van der Waals surface area (Å²) >= 11 is 0. The molecule has 29 heteroatoms. The molecule has 0 atom stereocenters. The van der Waals surface area contributed by atoms with Gasteiger partial charge in [-0.15, -0.1) is 0 Å². The average molecular weight is 912 g/mol. The highest BCUT2D eigenvalue weighted by Crippen LogP contribution is 2.63. The summed E-state index contributed by atoms with van der Waals surface area (Å²) in [5.74, 6) is -79.9. The third-order valence-electron chi connectivity index (χ3n) is 8.52. The van der Waals surface area contributed by atoms with E-state index in [1.807, 2.05) is 0 Å². The van der Waals surface area contributed by atoms with Gasteiger partial charge in [-0.1, -0.05) is 24.8 Å². The van der Waals surface area contributed by atoms with Crippen molar-refractivity contribution in [1.82, 2.24) is 0 Å². The first-order valence-electron chi connectivity index (χ1n) is 15.0. The molecule has 338 valence electrons. The molecular weight excluding hydrogens is 890 g/mol. The van der Waals surface area contributed by atoms with E-state index in [-0.39, 0.29) is 17.9 Å². The Kier molecular flexibility index (Phi) is 13.5. The van der Waals surface area contributed by atoms with E-state index in [1.54, 1.807) is 0 Å². The van der Waals surface area contributed by atoms with Crippen LogP contribution in [0.4, 0.5) is 114 Å². The van der Waals surface area contributed by atoms with Crippen LogP contribution in [0.3, 0.4) is 0 Å². The van der Waals surface area contributed by atoms with Gasteiger partial charge in [0, 0.05) is 23.8 Å². The molecule has 1 aliphatic heterocycles. The smallest absolute Gasteiger partial charge is 0.460 e. The molecule has 1 aromatic carbocycles. The molecule has 0 N–H and O–H groups in total. The number of benzene rings is 1. The maximum absolute atomic E-state index is 14.7. The van der Waals surface area contributed by atoms with Crippen LogP contribution in [0.15, 0.2) is 36.9 Å². The van der Waals surface area contributed by atoms with Crippen LogP contribution in [-0.4, -0.2) is 91.4 Å². The average Bonchev–Trinajstić information content (AvgIpc) is 3.07. The highest BCUT2D eigenvalue weighted by atomic mass is 19.4. The van der Waals surface area contributed by atoms with Gasteiger partial charge in [0.25, 0.3) is 0 Å². The van der Waals surface area contributed by atoms with Gasteiger partial charge in [0.15, 0.2) is 6.29 Å². The molecule has 2 rings (SSSR count). The summed E-state index contributed by atoms with van der Waals surface area (Å²) in [4.78, 5) is 0. The molecule has 0 saturated carbocycles. The van der Waals surface area contributed by atoms with Crippen molar-refractivity contribution >= 4 is 0 Å². The normalized spacial score (nSPS) is 18.0. The number of ether oxygens (including phenoxy) is 3. The van der Waals surface area contributed by atoms with E-state index < -0.39 is 122 Å². The molecule has 1 aliphatic rings. The Balaban J connectivity index is 2.59. The van der Waals surface area contributed by atoms with Crippen molar-refractivity contribution in [2.24, 2.45) is 5.41 Å². The fourth-order valence-electron chi connectivity index (χ4n) is 4.87. The van der Waals surface area contributed by atoms with Crippen molar-refractivity contribution in [1.29, 1.82) is 0 Å². The van der Waals surface area contributed by atoms with Gasteiger partial charge in [-0.2, -0.15) is 114 Å². The van der Waals surface area contributed by atoms with Crippen LogP contribution in [0, 0.1) is 5.41 Å². The fourth-order valence-corrected chi connectivity index (χ4v) is 4.87. The molecule has 0 bridgehead atoms. The zero-order valence-corrected chi connectivity index (χ0v) is 27.7. The molecule has 1 heterocycles. The number of hydrogen-bond donors (Lipinski definition) is 0. The topological polar surface area (TPSA) is 27.7 Å². The number of halogens is 26. The van der Waals surface area contributed by atoms with Crippen LogP contribution in [0.1, 0.15) is 37.5 Å². The molecule has 0 aliphatic carbocycles.